The average Bonchev–Trinajstić information content (AvgIpc) is 3.40. The van der Waals surface area contributed by atoms with Crippen molar-refractivity contribution in [2.24, 2.45) is 0 Å². The summed E-state index contributed by atoms with van der Waals surface area (Å²) in [5.74, 6) is 2.35. The van der Waals surface area contributed by atoms with Crippen molar-refractivity contribution in [3.8, 4) is 0 Å². The molecule has 1 aromatic carbocycles. The zero-order valence-corrected chi connectivity index (χ0v) is 15.6. The number of aromatic nitrogens is 3. The van der Waals surface area contributed by atoms with Crippen molar-refractivity contribution < 1.29 is 4.79 Å². The molecule has 0 aliphatic heterocycles. The number of aryl methyl sites for hydroxylation is 1. The number of hydrogen-bond donors (Lipinski definition) is 0. The summed E-state index contributed by atoms with van der Waals surface area (Å²) in [6, 6.07) is 8.34. The van der Waals surface area contributed by atoms with E-state index >= 15 is 0 Å². The van der Waals surface area contributed by atoms with E-state index in [0.717, 1.165) is 16.5 Å². The number of carbonyl (C=O) groups is 1. The van der Waals surface area contributed by atoms with E-state index in [9.17, 15) is 4.79 Å². The predicted octanol–water partition coefficient (Wildman–Crippen LogP) is 4.94. The highest BCUT2D eigenvalue weighted by molar-refractivity contribution is 7.99. The minimum absolute atomic E-state index is 0.163. The van der Waals surface area contributed by atoms with E-state index in [1.807, 2.05) is 31.2 Å². The minimum atomic E-state index is 0.163. The molecule has 0 saturated heterocycles. The number of nitrogens with zero attached hydrogens (tertiary/aromatic N) is 3. The third kappa shape index (κ3) is 3.81. The highest BCUT2D eigenvalue weighted by atomic mass is 32.2. The fraction of sp³-hybridized carbons (Fsp3) is 0.550. The summed E-state index contributed by atoms with van der Waals surface area (Å²) >= 11 is 1.55. The molecule has 5 heteroatoms. The van der Waals surface area contributed by atoms with Gasteiger partial charge in [0.05, 0.1) is 5.75 Å². The predicted molar refractivity (Wildman–Crippen MR) is 100 cm³/mol. The summed E-state index contributed by atoms with van der Waals surface area (Å²) in [6.45, 7) is 2.04. The third-order valence-electron chi connectivity index (χ3n) is 5.28. The molecule has 2 aliphatic carbocycles. The Morgan fingerprint density at radius 2 is 1.80 bits per heavy atom. The van der Waals surface area contributed by atoms with Crippen molar-refractivity contribution >= 4 is 17.5 Å². The van der Waals surface area contributed by atoms with Crippen LogP contribution in [0, 0.1) is 6.92 Å². The zero-order valence-electron chi connectivity index (χ0n) is 14.8. The monoisotopic (exact) mass is 355 g/mol. The number of carbonyl (C=O) groups excluding carboxylic acids is 1. The molecular formula is C20H25N3OS. The van der Waals surface area contributed by atoms with Gasteiger partial charge in [0.1, 0.15) is 5.82 Å². The lowest BCUT2D eigenvalue weighted by molar-refractivity contribution is 0.102. The van der Waals surface area contributed by atoms with Gasteiger partial charge >= 0.3 is 0 Å². The highest BCUT2D eigenvalue weighted by Crippen LogP contribution is 2.43. The van der Waals surface area contributed by atoms with Gasteiger partial charge in [0.2, 0.25) is 0 Å². The van der Waals surface area contributed by atoms with Crippen LogP contribution in [0.4, 0.5) is 0 Å². The largest absolute Gasteiger partial charge is 0.303 e. The molecule has 2 aliphatic rings. The van der Waals surface area contributed by atoms with Gasteiger partial charge < -0.3 is 4.57 Å². The first kappa shape index (κ1) is 16.8. The van der Waals surface area contributed by atoms with Gasteiger partial charge in [0.25, 0.3) is 0 Å². The van der Waals surface area contributed by atoms with E-state index in [2.05, 4.69) is 14.8 Å². The van der Waals surface area contributed by atoms with Crippen molar-refractivity contribution in [2.45, 2.75) is 69.0 Å². The normalized spacial score (nSPS) is 18.4. The Kier molecular flexibility index (Phi) is 4.93. The highest BCUT2D eigenvalue weighted by Gasteiger charge is 2.33. The van der Waals surface area contributed by atoms with E-state index in [4.69, 9.17) is 0 Å². The van der Waals surface area contributed by atoms with Crippen molar-refractivity contribution in [2.75, 3.05) is 5.75 Å². The molecular weight excluding hydrogens is 330 g/mol. The van der Waals surface area contributed by atoms with Crippen molar-refractivity contribution in [1.82, 2.24) is 14.8 Å². The summed E-state index contributed by atoms with van der Waals surface area (Å²) in [7, 11) is 0. The lowest BCUT2D eigenvalue weighted by atomic mass is 9.95. The maximum absolute atomic E-state index is 12.5. The Hall–Kier alpha value is -1.62. The molecule has 0 atom stereocenters. The molecule has 0 bridgehead atoms. The Labute approximate surface area is 153 Å². The molecule has 0 N–H and O–H groups in total. The molecule has 25 heavy (non-hydrogen) atoms. The molecule has 2 aromatic rings. The number of Topliss-reactive ketones (excluding diaryl/α,β-unsaturated/α-hetero) is 1. The smallest absolute Gasteiger partial charge is 0.191 e. The molecule has 1 heterocycles. The molecule has 4 nitrogen and oxygen atoms in total. The first-order valence-electron chi connectivity index (χ1n) is 9.40. The quantitative estimate of drug-likeness (QED) is 0.544. The van der Waals surface area contributed by atoms with Gasteiger partial charge in [-0.3, -0.25) is 4.79 Å². The molecule has 1 aromatic heterocycles. The first-order valence-corrected chi connectivity index (χ1v) is 10.4. The van der Waals surface area contributed by atoms with Gasteiger partial charge in [-0.25, -0.2) is 0 Å². The topological polar surface area (TPSA) is 47.8 Å². The number of hydrogen-bond acceptors (Lipinski definition) is 4. The fourth-order valence-corrected chi connectivity index (χ4v) is 4.55. The summed E-state index contributed by atoms with van der Waals surface area (Å²) in [6.07, 6.45) is 8.83. The van der Waals surface area contributed by atoms with Gasteiger partial charge in [-0.2, -0.15) is 0 Å². The lowest BCUT2D eigenvalue weighted by Crippen LogP contribution is -2.16. The fourth-order valence-electron chi connectivity index (χ4n) is 3.64. The molecule has 0 amide bonds. The van der Waals surface area contributed by atoms with Crippen LogP contribution < -0.4 is 0 Å². The van der Waals surface area contributed by atoms with Crippen LogP contribution >= 0.6 is 11.8 Å². The van der Waals surface area contributed by atoms with Crippen LogP contribution in [0.5, 0.6) is 0 Å². The molecule has 132 valence electrons. The van der Waals surface area contributed by atoms with Crippen LogP contribution in [0.15, 0.2) is 29.4 Å². The van der Waals surface area contributed by atoms with E-state index in [1.165, 1.54) is 50.5 Å². The Balaban J connectivity index is 1.50. The summed E-state index contributed by atoms with van der Waals surface area (Å²) in [4.78, 5) is 12.5. The Bertz CT molecular complexity index is 743. The Morgan fingerprint density at radius 1 is 1.08 bits per heavy atom. The van der Waals surface area contributed by atoms with Crippen LogP contribution in [-0.2, 0) is 0 Å². The molecule has 0 spiro atoms. The van der Waals surface area contributed by atoms with Crippen LogP contribution in [0.25, 0.3) is 0 Å². The molecule has 2 saturated carbocycles. The summed E-state index contributed by atoms with van der Waals surface area (Å²) < 4.78 is 2.38. The SMILES string of the molecule is Cc1ccc(C(=O)CSc2nnc(C3CC3)n2C2CCCCC2)cc1. The summed E-state index contributed by atoms with van der Waals surface area (Å²) in [5.41, 5.74) is 1.96. The van der Waals surface area contributed by atoms with Crippen molar-refractivity contribution in [3.63, 3.8) is 0 Å². The van der Waals surface area contributed by atoms with Crippen LogP contribution in [-0.4, -0.2) is 26.3 Å². The third-order valence-corrected chi connectivity index (χ3v) is 6.22. The summed E-state index contributed by atoms with van der Waals surface area (Å²) in [5, 5.41) is 9.89. The molecule has 4 rings (SSSR count). The lowest BCUT2D eigenvalue weighted by Gasteiger charge is -2.25. The van der Waals surface area contributed by atoms with Crippen LogP contribution in [0.3, 0.4) is 0 Å². The minimum Gasteiger partial charge on any atom is -0.303 e. The van der Waals surface area contributed by atoms with E-state index in [0.29, 0.717) is 17.7 Å². The second-order valence-corrected chi connectivity index (χ2v) is 8.30. The van der Waals surface area contributed by atoms with E-state index < -0.39 is 0 Å². The van der Waals surface area contributed by atoms with Crippen molar-refractivity contribution in [3.05, 3.63) is 41.2 Å². The molecule has 0 radical (unpaired) electrons. The molecule has 2 fully saturated rings. The van der Waals surface area contributed by atoms with Crippen LogP contribution in [0.2, 0.25) is 0 Å². The number of benzene rings is 1. The Morgan fingerprint density at radius 3 is 2.48 bits per heavy atom. The number of rotatable bonds is 6. The van der Waals surface area contributed by atoms with Gasteiger partial charge in [-0.15, -0.1) is 10.2 Å². The standard InChI is InChI=1S/C20H25N3OS/c1-14-7-9-15(10-8-14)18(24)13-25-20-22-21-19(16-11-12-16)23(20)17-5-3-2-4-6-17/h7-10,16-17H,2-6,11-13H2,1H3. The van der Waals surface area contributed by atoms with Crippen LogP contribution in [0.1, 0.15) is 78.7 Å². The van der Waals surface area contributed by atoms with Gasteiger partial charge in [-0.1, -0.05) is 60.9 Å². The first-order chi connectivity index (χ1) is 12.2. The van der Waals surface area contributed by atoms with Gasteiger partial charge in [0.15, 0.2) is 10.9 Å². The number of ketones is 1. The second kappa shape index (κ2) is 7.32. The molecule has 0 unspecified atom stereocenters. The number of thioether (sulfide) groups is 1. The van der Waals surface area contributed by atoms with E-state index in [-0.39, 0.29) is 5.78 Å². The maximum atomic E-state index is 12.5. The maximum Gasteiger partial charge on any atom is 0.191 e. The van der Waals surface area contributed by atoms with Gasteiger partial charge in [-0.05, 0) is 32.6 Å². The second-order valence-electron chi connectivity index (χ2n) is 7.35. The zero-order chi connectivity index (χ0) is 17.2. The average molecular weight is 356 g/mol. The van der Waals surface area contributed by atoms with E-state index in [1.54, 1.807) is 11.8 Å². The van der Waals surface area contributed by atoms with Gasteiger partial charge in [0, 0.05) is 17.5 Å². The van der Waals surface area contributed by atoms with Crippen molar-refractivity contribution in [1.29, 1.82) is 0 Å².